The number of H-pyrrole nitrogens is 1. The van der Waals surface area contributed by atoms with Crippen molar-refractivity contribution in [2.45, 2.75) is 58.9 Å². The van der Waals surface area contributed by atoms with E-state index < -0.39 is 0 Å². The summed E-state index contributed by atoms with van der Waals surface area (Å²) in [6.45, 7) is 11.6. The summed E-state index contributed by atoms with van der Waals surface area (Å²) in [5.74, 6) is 1.66. The van der Waals surface area contributed by atoms with Crippen molar-refractivity contribution in [3.63, 3.8) is 0 Å². The molecule has 4 heterocycles. The highest BCUT2D eigenvalue weighted by Gasteiger charge is 2.40. The second-order valence-corrected chi connectivity index (χ2v) is 9.73. The lowest BCUT2D eigenvalue weighted by Crippen LogP contribution is -2.48. The van der Waals surface area contributed by atoms with Crippen molar-refractivity contribution in [2.75, 3.05) is 39.3 Å². The van der Waals surface area contributed by atoms with Crippen LogP contribution in [0.5, 0.6) is 0 Å². The first kappa shape index (κ1) is 21.3. The third kappa shape index (κ3) is 4.41. The highest BCUT2D eigenvalue weighted by Crippen LogP contribution is 2.39. The minimum absolute atomic E-state index is 0.0222. The molecule has 7 nitrogen and oxygen atoms in total. The molecule has 30 heavy (non-hydrogen) atoms. The van der Waals surface area contributed by atoms with E-state index in [1.807, 2.05) is 18.7 Å². The summed E-state index contributed by atoms with van der Waals surface area (Å²) in [5, 5.41) is 0. The fourth-order valence-electron chi connectivity index (χ4n) is 5.61. The maximum Gasteiger partial charge on any atom is 0.225 e. The molecule has 0 bridgehead atoms. The van der Waals surface area contributed by atoms with E-state index in [9.17, 15) is 9.59 Å². The SMILES string of the molecule is CC(=O)N1CCC(CN2CCC(C3c4nc[nH]c4CCN3C(=O)C(C)C)CC2)CC1. The molecule has 0 saturated carbocycles. The number of nitrogens with zero attached hydrogens (tertiary/aromatic N) is 4. The number of imidazole rings is 1. The maximum absolute atomic E-state index is 12.9. The van der Waals surface area contributed by atoms with E-state index in [0.717, 1.165) is 77.1 Å². The lowest BCUT2D eigenvalue weighted by atomic mass is 9.83. The molecule has 166 valence electrons. The van der Waals surface area contributed by atoms with Crippen LogP contribution in [0.3, 0.4) is 0 Å². The minimum atomic E-state index is 0.0222. The van der Waals surface area contributed by atoms with Crippen molar-refractivity contribution in [3.8, 4) is 0 Å². The van der Waals surface area contributed by atoms with E-state index in [1.54, 1.807) is 13.3 Å². The van der Waals surface area contributed by atoms with Gasteiger partial charge in [-0.15, -0.1) is 0 Å². The Morgan fingerprint density at radius 1 is 1.10 bits per heavy atom. The van der Waals surface area contributed by atoms with Crippen molar-refractivity contribution >= 4 is 11.8 Å². The largest absolute Gasteiger partial charge is 0.348 e. The molecule has 1 unspecified atom stereocenters. The van der Waals surface area contributed by atoms with Crippen LogP contribution in [0, 0.1) is 17.8 Å². The standard InChI is InChI=1S/C23H37N5O2/c1-16(2)23(30)28-13-8-20-21(25-15-24-20)22(28)19-6-9-26(10-7-19)14-18-4-11-27(12-5-18)17(3)29/h15-16,18-19,22H,4-14H2,1-3H3,(H,24,25). The molecule has 0 aromatic carbocycles. The van der Waals surface area contributed by atoms with Crippen molar-refractivity contribution in [2.24, 2.45) is 17.8 Å². The van der Waals surface area contributed by atoms with E-state index >= 15 is 0 Å². The van der Waals surface area contributed by atoms with Gasteiger partial charge in [0.2, 0.25) is 11.8 Å². The number of piperidine rings is 2. The van der Waals surface area contributed by atoms with Gasteiger partial charge in [0.15, 0.2) is 0 Å². The van der Waals surface area contributed by atoms with E-state index in [-0.39, 0.29) is 23.8 Å². The molecular weight excluding hydrogens is 378 g/mol. The average molecular weight is 416 g/mol. The number of hydrogen-bond acceptors (Lipinski definition) is 4. The van der Waals surface area contributed by atoms with E-state index in [0.29, 0.717) is 11.8 Å². The van der Waals surface area contributed by atoms with Gasteiger partial charge < -0.3 is 19.7 Å². The Kier molecular flexibility index (Phi) is 6.46. The predicted molar refractivity (Wildman–Crippen MR) is 116 cm³/mol. The van der Waals surface area contributed by atoms with Crippen molar-refractivity contribution < 1.29 is 9.59 Å². The molecular formula is C23H37N5O2. The Morgan fingerprint density at radius 2 is 1.80 bits per heavy atom. The number of likely N-dealkylation sites (tertiary alicyclic amines) is 2. The Balaban J connectivity index is 1.36. The van der Waals surface area contributed by atoms with Crippen LogP contribution in [-0.2, 0) is 16.0 Å². The lowest BCUT2D eigenvalue weighted by molar-refractivity contribution is -0.139. The molecule has 1 aromatic heterocycles. The van der Waals surface area contributed by atoms with Gasteiger partial charge in [-0.3, -0.25) is 9.59 Å². The minimum Gasteiger partial charge on any atom is -0.348 e. The number of rotatable bonds is 4. The summed E-state index contributed by atoms with van der Waals surface area (Å²) >= 11 is 0. The molecule has 0 radical (unpaired) electrons. The smallest absolute Gasteiger partial charge is 0.225 e. The van der Waals surface area contributed by atoms with Gasteiger partial charge in [-0.05, 0) is 50.6 Å². The Bertz CT molecular complexity index is 745. The van der Waals surface area contributed by atoms with Gasteiger partial charge in [0, 0.05) is 51.1 Å². The molecule has 2 amide bonds. The van der Waals surface area contributed by atoms with E-state index in [1.165, 1.54) is 5.69 Å². The number of fused-ring (bicyclic) bond motifs is 1. The van der Waals surface area contributed by atoms with Crippen LogP contribution in [0.4, 0.5) is 0 Å². The fraction of sp³-hybridized carbons (Fsp3) is 0.783. The molecule has 1 aromatic rings. The zero-order valence-corrected chi connectivity index (χ0v) is 18.8. The van der Waals surface area contributed by atoms with Crippen LogP contribution in [0.15, 0.2) is 6.33 Å². The molecule has 3 aliphatic rings. The number of amides is 2. The number of aromatic amines is 1. The van der Waals surface area contributed by atoms with Gasteiger partial charge in [0.1, 0.15) is 0 Å². The quantitative estimate of drug-likeness (QED) is 0.820. The molecule has 2 fully saturated rings. The van der Waals surface area contributed by atoms with Crippen LogP contribution in [0.1, 0.15) is 63.9 Å². The normalized spacial score (nSPS) is 24.3. The van der Waals surface area contributed by atoms with Gasteiger partial charge >= 0.3 is 0 Å². The van der Waals surface area contributed by atoms with Crippen LogP contribution in [-0.4, -0.2) is 75.8 Å². The van der Waals surface area contributed by atoms with Crippen LogP contribution >= 0.6 is 0 Å². The molecule has 1 N–H and O–H groups in total. The van der Waals surface area contributed by atoms with Gasteiger partial charge in [0.25, 0.3) is 0 Å². The Morgan fingerprint density at radius 3 is 2.43 bits per heavy atom. The third-order valence-corrected chi connectivity index (χ3v) is 7.40. The van der Waals surface area contributed by atoms with Crippen molar-refractivity contribution in [1.29, 1.82) is 0 Å². The highest BCUT2D eigenvalue weighted by atomic mass is 16.2. The van der Waals surface area contributed by atoms with E-state index in [4.69, 9.17) is 0 Å². The van der Waals surface area contributed by atoms with Crippen molar-refractivity contribution in [1.82, 2.24) is 24.7 Å². The summed E-state index contributed by atoms with van der Waals surface area (Å²) in [4.78, 5) is 39.1. The summed E-state index contributed by atoms with van der Waals surface area (Å²) in [7, 11) is 0. The first-order valence-electron chi connectivity index (χ1n) is 11.7. The molecule has 7 heteroatoms. The number of hydrogen-bond donors (Lipinski definition) is 1. The number of aromatic nitrogens is 2. The first-order chi connectivity index (χ1) is 14.4. The second-order valence-electron chi connectivity index (χ2n) is 9.73. The summed E-state index contributed by atoms with van der Waals surface area (Å²) in [6, 6.07) is 0.121. The van der Waals surface area contributed by atoms with Gasteiger partial charge in [-0.1, -0.05) is 13.8 Å². The zero-order chi connectivity index (χ0) is 21.3. The zero-order valence-electron chi connectivity index (χ0n) is 18.8. The molecule has 3 aliphatic heterocycles. The third-order valence-electron chi connectivity index (χ3n) is 7.40. The average Bonchev–Trinajstić information content (AvgIpc) is 3.22. The Labute approximate surface area is 180 Å². The monoisotopic (exact) mass is 415 g/mol. The number of carbonyl (C=O) groups is 2. The maximum atomic E-state index is 12.9. The molecule has 2 saturated heterocycles. The second kappa shape index (κ2) is 9.08. The van der Waals surface area contributed by atoms with Crippen molar-refractivity contribution in [3.05, 3.63) is 17.7 Å². The molecule has 0 spiro atoms. The van der Waals surface area contributed by atoms with Crippen LogP contribution in [0.25, 0.3) is 0 Å². The van der Waals surface area contributed by atoms with Gasteiger partial charge in [-0.2, -0.15) is 0 Å². The number of carbonyl (C=O) groups excluding carboxylic acids is 2. The summed E-state index contributed by atoms with van der Waals surface area (Å²) in [5.41, 5.74) is 2.32. The van der Waals surface area contributed by atoms with Gasteiger partial charge in [-0.25, -0.2) is 4.98 Å². The Hall–Kier alpha value is -1.89. The summed E-state index contributed by atoms with van der Waals surface area (Å²) < 4.78 is 0. The first-order valence-corrected chi connectivity index (χ1v) is 11.7. The lowest BCUT2D eigenvalue weighted by Gasteiger charge is -2.44. The summed E-state index contributed by atoms with van der Waals surface area (Å²) in [6.07, 6.45) is 7.15. The highest BCUT2D eigenvalue weighted by molar-refractivity contribution is 5.79. The molecule has 4 rings (SSSR count). The van der Waals surface area contributed by atoms with Gasteiger partial charge in [0.05, 0.1) is 18.1 Å². The predicted octanol–water partition coefficient (Wildman–Crippen LogP) is 2.46. The van der Waals surface area contributed by atoms with E-state index in [2.05, 4.69) is 19.8 Å². The molecule has 1 atom stereocenters. The topological polar surface area (TPSA) is 72.5 Å². The molecule has 0 aliphatic carbocycles. The number of nitrogens with one attached hydrogen (secondary N) is 1. The van der Waals surface area contributed by atoms with Crippen LogP contribution in [0.2, 0.25) is 0 Å². The van der Waals surface area contributed by atoms with Crippen LogP contribution < -0.4 is 0 Å². The fourth-order valence-corrected chi connectivity index (χ4v) is 5.61.